The van der Waals surface area contributed by atoms with Gasteiger partial charge in [-0.3, -0.25) is 9.69 Å². The van der Waals surface area contributed by atoms with E-state index >= 15 is 0 Å². The number of aliphatic imine (C=N–C) groups is 1. The summed E-state index contributed by atoms with van der Waals surface area (Å²) in [6.07, 6.45) is 6.78. The molecule has 2 rings (SSSR count). The fourth-order valence-corrected chi connectivity index (χ4v) is 2.11. The fraction of sp³-hybridized carbons (Fsp3) is 0.417. The quantitative estimate of drug-likeness (QED) is 0.561. The number of hydrogen-bond donors (Lipinski definition) is 0. The number of carbonyl (C=O) groups is 1. The predicted molar refractivity (Wildman–Crippen MR) is 71.3 cm³/mol. The summed E-state index contributed by atoms with van der Waals surface area (Å²) < 4.78 is 10.2. The molecule has 0 radical (unpaired) electrons. The molecule has 1 unspecified atom stereocenters. The maximum absolute atomic E-state index is 12.3. The fourth-order valence-electron chi connectivity index (χ4n) is 1.84. The zero-order chi connectivity index (χ0) is 13.1. The van der Waals surface area contributed by atoms with Crippen LogP contribution in [0.4, 0.5) is 0 Å². The molecule has 1 amide bonds. The Kier molecular flexibility index (Phi) is 4.00. The number of fused-ring (bicyclic) bond motifs is 1. The lowest BCUT2D eigenvalue weighted by Crippen LogP contribution is -2.49. The van der Waals surface area contributed by atoms with E-state index in [2.05, 4.69) is 4.99 Å². The zero-order valence-electron chi connectivity index (χ0n) is 10.2. The third kappa shape index (κ3) is 2.40. The Hall–Kier alpha value is -1.37. The minimum Gasteiger partial charge on any atom is -0.354 e. The van der Waals surface area contributed by atoms with Gasteiger partial charge in [-0.25, -0.2) is 4.99 Å². The summed E-state index contributed by atoms with van der Waals surface area (Å²) in [6, 6.07) is 0. The van der Waals surface area contributed by atoms with Gasteiger partial charge in [-0.2, -0.15) is 0 Å². The Balaban J connectivity index is 2.20. The smallest absolute Gasteiger partial charge is 0.241 e. The summed E-state index contributed by atoms with van der Waals surface area (Å²) in [5.74, 6) is -0.444. The van der Waals surface area contributed by atoms with Crippen molar-refractivity contribution in [2.75, 3.05) is 20.8 Å². The van der Waals surface area contributed by atoms with Crippen LogP contribution in [0.25, 0.3) is 0 Å². The highest BCUT2D eigenvalue weighted by Crippen LogP contribution is 2.20. The minimum atomic E-state index is -0.508. The number of rotatable bonds is 4. The topological polar surface area (TPSA) is 51.1 Å². The lowest BCUT2D eigenvalue weighted by molar-refractivity contribution is -0.139. The number of allylic oxidation sites excluding steroid dienone is 3. The number of methoxy groups -OCH3 is 2. The van der Waals surface area contributed by atoms with Crippen molar-refractivity contribution in [3.05, 3.63) is 24.3 Å². The van der Waals surface area contributed by atoms with Crippen molar-refractivity contribution >= 4 is 28.9 Å². The van der Waals surface area contributed by atoms with Crippen molar-refractivity contribution < 1.29 is 14.3 Å². The van der Waals surface area contributed by atoms with E-state index in [1.807, 2.05) is 18.2 Å². The molecule has 96 valence electrons. The molecular formula is C12H14N2O3S. The highest BCUT2D eigenvalue weighted by atomic mass is 32.1. The highest BCUT2D eigenvalue weighted by Gasteiger charge is 2.34. The molecule has 0 aromatic rings. The summed E-state index contributed by atoms with van der Waals surface area (Å²) >= 11 is 5.14. The van der Waals surface area contributed by atoms with E-state index in [0.29, 0.717) is 5.71 Å². The van der Waals surface area contributed by atoms with Gasteiger partial charge in [0.2, 0.25) is 11.0 Å². The number of thiocarbonyl (C=S) groups is 1. The summed E-state index contributed by atoms with van der Waals surface area (Å²) in [5.41, 5.74) is 0.690. The molecule has 0 fully saturated rings. The number of hydrogen-bond acceptors (Lipinski definition) is 4. The van der Waals surface area contributed by atoms with E-state index in [1.54, 1.807) is 6.08 Å². The van der Waals surface area contributed by atoms with Gasteiger partial charge in [0.15, 0.2) is 6.29 Å². The van der Waals surface area contributed by atoms with Crippen LogP contribution >= 0.6 is 12.2 Å². The van der Waals surface area contributed by atoms with Crippen LogP contribution in [0.1, 0.15) is 0 Å². The van der Waals surface area contributed by atoms with Crippen LogP contribution in [-0.2, 0) is 14.3 Å². The lowest BCUT2D eigenvalue weighted by atomic mass is 9.95. The Labute approximate surface area is 111 Å². The van der Waals surface area contributed by atoms with Crippen molar-refractivity contribution in [2.45, 2.75) is 6.29 Å². The van der Waals surface area contributed by atoms with Gasteiger partial charge in [0.25, 0.3) is 0 Å². The van der Waals surface area contributed by atoms with Gasteiger partial charge in [-0.1, -0.05) is 18.2 Å². The molecular weight excluding hydrogens is 252 g/mol. The van der Waals surface area contributed by atoms with Gasteiger partial charge >= 0.3 is 0 Å². The van der Waals surface area contributed by atoms with Gasteiger partial charge in [-0.05, 0) is 18.3 Å². The first-order chi connectivity index (χ1) is 8.67. The third-order valence-electron chi connectivity index (χ3n) is 2.85. The van der Waals surface area contributed by atoms with Crippen LogP contribution in [0, 0.1) is 5.92 Å². The second-order valence-electron chi connectivity index (χ2n) is 3.89. The molecule has 6 heteroatoms. The molecule has 0 saturated heterocycles. The van der Waals surface area contributed by atoms with E-state index in [4.69, 9.17) is 21.7 Å². The van der Waals surface area contributed by atoms with Crippen LogP contribution in [0.3, 0.4) is 0 Å². The summed E-state index contributed by atoms with van der Waals surface area (Å²) in [7, 11) is 3.03. The van der Waals surface area contributed by atoms with Gasteiger partial charge in [-0.15, -0.1) is 0 Å². The van der Waals surface area contributed by atoms with Crippen molar-refractivity contribution in [3.8, 4) is 0 Å². The van der Waals surface area contributed by atoms with E-state index in [9.17, 15) is 4.79 Å². The van der Waals surface area contributed by atoms with E-state index in [1.165, 1.54) is 19.1 Å². The highest BCUT2D eigenvalue weighted by molar-refractivity contribution is 7.80. The molecule has 1 aliphatic carbocycles. The van der Waals surface area contributed by atoms with Crippen LogP contribution in [-0.4, -0.2) is 48.7 Å². The summed E-state index contributed by atoms with van der Waals surface area (Å²) in [6.45, 7) is 0.246. The Morgan fingerprint density at radius 3 is 2.83 bits per heavy atom. The lowest BCUT2D eigenvalue weighted by Gasteiger charge is -2.31. The molecule has 5 nitrogen and oxygen atoms in total. The molecule has 1 aliphatic heterocycles. The molecule has 18 heavy (non-hydrogen) atoms. The van der Waals surface area contributed by atoms with Crippen LogP contribution in [0.2, 0.25) is 0 Å². The molecule has 0 aromatic heterocycles. The SMILES string of the molecule is COC(CN1C(=O)C2C=CC=CC2=NC1=S)OC. The van der Waals surface area contributed by atoms with Crippen molar-refractivity contribution in [1.82, 2.24) is 4.90 Å². The van der Waals surface area contributed by atoms with Crippen LogP contribution < -0.4 is 0 Å². The second-order valence-corrected chi connectivity index (χ2v) is 4.26. The Bertz CT molecular complexity index is 452. The maximum atomic E-state index is 12.3. The normalized spacial score (nSPS) is 22.5. The molecule has 1 heterocycles. The van der Waals surface area contributed by atoms with E-state index < -0.39 is 6.29 Å². The van der Waals surface area contributed by atoms with E-state index in [0.717, 1.165) is 0 Å². The first-order valence-corrected chi connectivity index (χ1v) is 5.92. The monoisotopic (exact) mass is 266 g/mol. The van der Waals surface area contributed by atoms with Gasteiger partial charge in [0, 0.05) is 14.2 Å². The van der Waals surface area contributed by atoms with Crippen molar-refractivity contribution in [2.24, 2.45) is 10.9 Å². The predicted octanol–water partition coefficient (Wildman–Crippen LogP) is 0.916. The molecule has 1 atom stereocenters. The minimum absolute atomic E-state index is 0.0929. The van der Waals surface area contributed by atoms with Gasteiger partial charge in [0.05, 0.1) is 18.2 Å². The van der Waals surface area contributed by atoms with Crippen LogP contribution in [0.15, 0.2) is 29.3 Å². The number of amides is 1. The average molecular weight is 266 g/mol. The van der Waals surface area contributed by atoms with Crippen molar-refractivity contribution in [1.29, 1.82) is 0 Å². The molecule has 0 aromatic carbocycles. The largest absolute Gasteiger partial charge is 0.354 e. The Morgan fingerprint density at radius 2 is 2.17 bits per heavy atom. The number of carbonyl (C=O) groups excluding carboxylic acids is 1. The summed E-state index contributed by atoms with van der Waals surface area (Å²) in [4.78, 5) is 18.0. The second kappa shape index (κ2) is 5.51. The molecule has 0 saturated carbocycles. The van der Waals surface area contributed by atoms with E-state index in [-0.39, 0.29) is 23.5 Å². The number of ether oxygens (including phenoxy) is 2. The van der Waals surface area contributed by atoms with Gasteiger partial charge < -0.3 is 9.47 Å². The van der Waals surface area contributed by atoms with Gasteiger partial charge in [0.1, 0.15) is 0 Å². The standard InChI is InChI=1S/C12H14N2O3S/c1-16-10(17-2)7-14-11(15)8-5-3-4-6-9(8)13-12(14)18/h3-6,8,10H,7H2,1-2H3. The van der Waals surface area contributed by atoms with Crippen LogP contribution in [0.5, 0.6) is 0 Å². The maximum Gasteiger partial charge on any atom is 0.241 e. The Morgan fingerprint density at radius 1 is 1.44 bits per heavy atom. The third-order valence-corrected chi connectivity index (χ3v) is 3.16. The summed E-state index contributed by atoms with van der Waals surface area (Å²) in [5, 5.41) is 0.255. The molecule has 2 aliphatic rings. The molecule has 0 spiro atoms. The molecule has 0 bridgehead atoms. The number of nitrogens with zero attached hydrogens (tertiary/aromatic N) is 2. The molecule has 0 N–H and O–H groups in total. The first-order valence-electron chi connectivity index (χ1n) is 5.51. The average Bonchev–Trinajstić information content (AvgIpc) is 2.39. The first kappa shape index (κ1) is 13.1. The zero-order valence-corrected chi connectivity index (χ0v) is 11.0. The van der Waals surface area contributed by atoms with Crippen molar-refractivity contribution in [3.63, 3.8) is 0 Å².